The Morgan fingerprint density at radius 1 is 1.34 bits per heavy atom. The minimum absolute atomic E-state index is 0.0650. The molecule has 3 heterocycles. The van der Waals surface area contributed by atoms with E-state index in [-0.39, 0.29) is 23.8 Å². The first-order chi connectivity index (χ1) is 14.0. The third-order valence-electron chi connectivity index (χ3n) is 5.42. The van der Waals surface area contributed by atoms with Crippen LogP contribution in [0.3, 0.4) is 0 Å². The number of fused-ring (bicyclic) bond motifs is 1. The number of aromatic nitrogens is 3. The van der Waals surface area contributed by atoms with Crippen LogP contribution in [0.1, 0.15) is 42.1 Å². The van der Waals surface area contributed by atoms with Crippen molar-refractivity contribution in [1.82, 2.24) is 19.5 Å². The minimum atomic E-state index is -0.140. The number of ether oxygens (including phenoxy) is 1. The fourth-order valence-electron chi connectivity index (χ4n) is 3.85. The summed E-state index contributed by atoms with van der Waals surface area (Å²) in [7, 11) is 1.44. The highest BCUT2D eigenvalue weighted by Gasteiger charge is 2.34. The lowest BCUT2D eigenvalue weighted by Gasteiger charge is -2.36. The number of carbonyl (C=O) groups is 1. The van der Waals surface area contributed by atoms with Crippen molar-refractivity contribution in [2.75, 3.05) is 20.2 Å². The maximum Gasteiger partial charge on any atom is 0.308 e. The molecule has 0 amide bonds. The van der Waals surface area contributed by atoms with Crippen molar-refractivity contribution in [1.29, 1.82) is 0 Å². The zero-order valence-corrected chi connectivity index (χ0v) is 18.7. The highest BCUT2D eigenvalue weighted by Crippen LogP contribution is 2.41. The summed E-state index contributed by atoms with van der Waals surface area (Å²) in [5.41, 5.74) is 1.08. The van der Waals surface area contributed by atoms with Crippen molar-refractivity contribution in [2.24, 2.45) is 5.92 Å². The summed E-state index contributed by atoms with van der Waals surface area (Å²) in [6.07, 6.45) is 2.20. The topological polar surface area (TPSA) is 80.0 Å². The van der Waals surface area contributed by atoms with E-state index in [0.717, 1.165) is 53.1 Å². The number of aryl methyl sites for hydroxylation is 1. The van der Waals surface area contributed by atoms with Gasteiger partial charge in [0.05, 0.1) is 23.9 Å². The molecule has 0 saturated carbocycles. The molecule has 1 atom stereocenters. The molecular formula is C20H23BrN4O3S. The van der Waals surface area contributed by atoms with E-state index in [4.69, 9.17) is 4.74 Å². The molecule has 1 fully saturated rings. The molecule has 1 N–H and O–H groups in total. The molecule has 0 radical (unpaired) electrons. The Balaban J connectivity index is 1.70. The fraction of sp³-hybridized carbons (Fsp3) is 0.450. The second-order valence-corrected chi connectivity index (χ2v) is 9.08. The van der Waals surface area contributed by atoms with Crippen molar-refractivity contribution in [3.63, 3.8) is 0 Å². The molecule has 0 bridgehead atoms. The predicted octanol–water partition coefficient (Wildman–Crippen LogP) is 3.80. The number of esters is 1. The molecule has 1 saturated heterocycles. The van der Waals surface area contributed by atoms with Gasteiger partial charge in [0, 0.05) is 10.9 Å². The van der Waals surface area contributed by atoms with E-state index < -0.39 is 0 Å². The zero-order valence-electron chi connectivity index (χ0n) is 16.3. The average molecular weight is 479 g/mol. The summed E-state index contributed by atoms with van der Waals surface area (Å²) >= 11 is 4.96. The van der Waals surface area contributed by atoms with E-state index in [1.165, 1.54) is 23.0 Å². The maximum absolute atomic E-state index is 11.9. The largest absolute Gasteiger partial charge is 0.492 e. The fourth-order valence-corrected chi connectivity index (χ4v) is 5.25. The van der Waals surface area contributed by atoms with Gasteiger partial charge in [0.2, 0.25) is 10.8 Å². The first kappa shape index (κ1) is 20.3. The van der Waals surface area contributed by atoms with Gasteiger partial charge in [-0.1, -0.05) is 46.3 Å². The van der Waals surface area contributed by atoms with Crippen LogP contribution >= 0.6 is 27.3 Å². The van der Waals surface area contributed by atoms with Gasteiger partial charge in [-0.25, -0.2) is 4.98 Å². The average Bonchev–Trinajstić information content (AvgIpc) is 3.29. The summed E-state index contributed by atoms with van der Waals surface area (Å²) in [5, 5.41) is 15.4. The van der Waals surface area contributed by atoms with Crippen molar-refractivity contribution in [3.8, 4) is 5.88 Å². The normalized spacial score (nSPS) is 16.9. The van der Waals surface area contributed by atoms with Crippen LogP contribution < -0.4 is 0 Å². The molecular weight excluding hydrogens is 456 g/mol. The molecule has 3 aromatic rings. The summed E-state index contributed by atoms with van der Waals surface area (Å²) in [5.74, 6) is 0.654. The van der Waals surface area contributed by atoms with Gasteiger partial charge in [0.25, 0.3) is 0 Å². The number of benzene rings is 1. The van der Waals surface area contributed by atoms with Crippen molar-refractivity contribution < 1.29 is 14.6 Å². The van der Waals surface area contributed by atoms with Gasteiger partial charge in [0.1, 0.15) is 0 Å². The molecule has 0 aliphatic carbocycles. The van der Waals surface area contributed by atoms with Crippen molar-refractivity contribution in [3.05, 3.63) is 45.0 Å². The summed E-state index contributed by atoms with van der Waals surface area (Å²) in [6.45, 7) is 3.48. The number of nitrogens with zero attached hydrogens (tertiary/aromatic N) is 4. The molecule has 1 aliphatic heterocycles. The lowest BCUT2D eigenvalue weighted by Crippen LogP contribution is -2.39. The summed E-state index contributed by atoms with van der Waals surface area (Å²) in [4.78, 5) is 20.3. The highest BCUT2D eigenvalue weighted by atomic mass is 79.9. The Kier molecular flexibility index (Phi) is 5.89. The Labute approximate surface area is 181 Å². The number of thiazole rings is 1. The molecule has 1 aromatic carbocycles. The number of aromatic hydroxyl groups is 1. The van der Waals surface area contributed by atoms with E-state index in [1.54, 1.807) is 0 Å². The van der Waals surface area contributed by atoms with E-state index in [0.29, 0.717) is 4.96 Å². The Bertz CT molecular complexity index is 1010. The first-order valence-electron chi connectivity index (χ1n) is 9.66. The van der Waals surface area contributed by atoms with Crippen LogP contribution in [0.15, 0.2) is 28.7 Å². The van der Waals surface area contributed by atoms with Crippen LogP contribution in [0.25, 0.3) is 4.96 Å². The van der Waals surface area contributed by atoms with Crippen LogP contribution in [0, 0.1) is 5.92 Å². The van der Waals surface area contributed by atoms with Gasteiger partial charge < -0.3 is 9.84 Å². The number of methoxy groups -OCH3 is 1. The molecule has 29 heavy (non-hydrogen) atoms. The van der Waals surface area contributed by atoms with Gasteiger partial charge in [-0.3, -0.25) is 9.69 Å². The number of halogens is 1. The lowest BCUT2D eigenvalue weighted by atomic mass is 9.94. The molecule has 2 aromatic heterocycles. The molecule has 0 unspecified atom stereocenters. The summed E-state index contributed by atoms with van der Waals surface area (Å²) < 4.78 is 7.45. The minimum Gasteiger partial charge on any atom is -0.492 e. The quantitative estimate of drug-likeness (QED) is 0.561. The molecule has 4 rings (SSSR count). The standard InChI is InChI=1S/C20H23BrN4O3S/c1-3-15-22-20-25(23-15)18(26)17(29-20)16(12-4-6-14(21)7-5-12)24-10-8-13(9-11-24)19(27)28-2/h4-7,13,16,26H,3,8-11H2,1-2H3/t16-/m1/s1. The van der Waals surface area contributed by atoms with E-state index in [9.17, 15) is 9.90 Å². The van der Waals surface area contributed by atoms with Crippen LogP contribution in [0.5, 0.6) is 5.88 Å². The molecule has 7 nitrogen and oxygen atoms in total. The molecule has 9 heteroatoms. The van der Waals surface area contributed by atoms with E-state index in [2.05, 4.69) is 43.0 Å². The zero-order chi connectivity index (χ0) is 20.5. The monoisotopic (exact) mass is 478 g/mol. The first-order valence-corrected chi connectivity index (χ1v) is 11.3. The van der Waals surface area contributed by atoms with Crippen LogP contribution in [-0.2, 0) is 16.0 Å². The predicted molar refractivity (Wildman–Crippen MR) is 114 cm³/mol. The third-order valence-corrected chi connectivity index (χ3v) is 7.02. The summed E-state index contributed by atoms with van der Waals surface area (Å²) in [6, 6.07) is 8.02. The number of rotatable bonds is 5. The second-order valence-electron chi connectivity index (χ2n) is 7.15. The third kappa shape index (κ3) is 3.91. The van der Waals surface area contributed by atoms with Crippen LogP contribution in [0.2, 0.25) is 0 Å². The van der Waals surface area contributed by atoms with Gasteiger partial charge in [-0.2, -0.15) is 4.52 Å². The van der Waals surface area contributed by atoms with Gasteiger partial charge >= 0.3 is 5.97 Å². The van der Waals surface area contributed by atoms with Crippen molar-refractivity contribution in [2.45, 2.75) is 32.2 Å². The number of carbonyl (C=O) groups excluding carboxylic acids is 1. The molecule has 1 aliphatic rings. The van der Waals surface area contributed by atoms with Gasteiger partial charge in [0.15, 0.2) is 5.82 Å². The lowest BCUT2D eigenvalue weighted by molar-refractivity contribution is -0.147. The smallest absolute Gasteiger partial charge is 0.308 e. The Morgan fingerprint density at radius 3 is 2.62 bits per heavy atom. The maximum atomic E-state index is 11.9. The SMILES string of the molecule is CCc1nc2sc([C@@H](c3ccc(Br)cc3)N3CCC(C(=O)OC)CC3)c(O)n2n1. The highest BCUT2D eigenvalue weighted by molar-refractivity contribution is 9.10. The number of hydrogen-bond acceptors (Lipinski definition) is 7. The number of hydrogen-bond donors (Lipinski definition) is 1. The number of piperidine rings is 1. The van der Waals surface area contributed by atoms with Crippen LogP contribution in [-0.4, -0.2) is 50.8 Å². The van der Waals surface area contributed by atoms with Gasteiger partial charge in [-0.05, 0) is 43.6 Å². The number of likely N-dealkylation sites (tertiary alicyclic amines) is 1. The van der Waals surface area contributed by atoms with E-state index >= 15 is 0 Å². The van der Waals surface area contributed by atoms with Crippen LogP contribution in [0.4, 0.5) is 0 Å². The molecule has 154 valence electrons. The Hall–Kier alpha value is -1.97. The molecule has 0 spiro atoms. The van der Waals surface area contributed by atoms with E-state index in [1.807, 2.05) is 19.1 Å². The van der Waals surface area contributed by atoms with Crippen molar-refractivity contribution >= 4 is 38.2 Å². The van der Waals surface area contributed by atoms with Gasteiger partial charge in [-0.15, -0.1) is 5.10 Å². The second kappa shape index (κ2) is 8.41. The Morgan fingerprint density at radius 2 is 2.03 bits per heavy atom.